The maximum atomic E-state index is 6.18. The SMILES string of the molecule is CC1(C)CCC(C)(C)c2cc(-c3ncc(C4CCNCC4)o3)ccc21. The van der Waals surface area contributed by atoms with Crippen LogP contribution in [0.3, 0.4) is 0 Å². The Balaban J connectivity index is 1.69. The number of hydrogen-bond acceptors (Lipinski definition) is 3. The highest BCUT2D eigenvalue weighted by atomic mass is 16.4. The number of fused-ring (bicyclic) bond motifs is 1. The van der Waals surface area contributed by atoms with E-state index in [4.69, 9.17) is 4.42 Å². The van der Waals surface area contributed by atoms with E-state index < -0.39 is 0 Å². The Labute approximate surface area is 151 Å². The van der Waals surface area contributed by atoms with E-state index >= 15 is 0 Å². The van der Waals surface area contributed by atoms with Crippen LogP contribution in [-0.2, 0) is 10.8 Å². The number of hydrogen-bond donors (Lipinski definition) is 1. The Morgan fingerprint density at radius 1 is 1.00 bits per heavy atom. The molecule has 3 nitrogen and oxygen atoms in total. The lowest BCUT2D eigenvalue weighted by molar-refractivity contribution is 0.332. The Kier molecular flexibility index (Phi) is 4.03. The fourth-order valence-electron chi connectivity index (χ4n) is 4.44. The lowest BCUT2D eigenvalue weighted by atomic mass is 9.63. The van der Waals surface area contributed by atoms with Gasteiger partial charge in [-0.25, -0.2) is 4.98 Å². The first kappa shape index (κ1) is 16.8. The van der Waals surface area contributed by atoms with Gasteiger partial charge >= 0.3 is 0 Å². The van der Waals surface area contributed by atoms with Crippen molar-refractivity contribution in [2.24, 2.45) is 0 Å². The zero-order chi connectivity index (χ0) is 17.7. The van der Waals surface area contributed by atoms with E-state index in [9.17, 15) is 0 Å². The fraction of sp³-hybridized carbons (Fsp3) is 0.591. The molecule has 1 saturated heterocycles. The van der Waals surface area contributed by atoms with Gasteiger partial charge in [-0.1, -0.05) is 33.8 Å². The van der Waals surface area contributed by atoms with Crippen molar-refractivity contribution in [1.82, 2.24) is 10.3 Å². The third-order valence-corrected chi connectivity index (χ3v) is 6.36. The summed E-state index contributed by atoms with van der Waals surface area (Å²) in [6.07, 6.45) is 6.69. The minimum atomic E-state index is 0.214. The van der Waals surface area contributed by atoms with Gasteiger partial charge in [0.05, 0.1) is 6.20 Å². The van der Waals surface area contributed by atoms with E-state index in [0.29, 0.717) is 5.92 Å². The van der Waals surface area contributed by atoms with Crippen molar-refractivity contribution in [2.45, 2.75) is 70.1 Å². The van der Waals surface area contributed by atoms with Crippen LogP contribution in [0.1, 0.15) is 76.2 Å². The van der Waals surface area contributed by atoms with Crippen molar-refractivity contribution in [2.75, 3.05) is 13.1 Å². The summed E-state index contributed by atoms with van der Waals surface area (Å²) >= 11 is 0. The van der Waals surface area contributed by atoms with Crippen molar-refractivity contribution >= 4 is 0 Å². The molecule has 2 heterocycles. The second-order valence-corrected chi connectivity index (χ2v) is 9.12. The maximum Gasteiger partial charge on any atom is 0.226 e. The standard InChI is InChI=1S/C22H30N2O/c1-21(2)9-10-22(3,4)18-13-16(5-6-17(18)21)20-24-14-19(25-20)15-7-11-23-12-8-15/h5-6,13-15,23H,7-12H2,1-4H3. The first-order valence-electron chi connectivity index (χ1n) is 9.69. The third kappa shape index (κ3) is 3.03. The van der Waals surface area contributed by atoms with Gasteiger partial charge in [-0.2, -0.15) is 0 Å². The third-order valence-electron chi connectivity index (χ3n) is 6.36. The predicted molar refractivity (Wildman–Crippen MR) is 102 cm³/mol. The van der Waals surface area contributed by atoms with Gasteiger partial charge in [0.2, 0.25) is 5.89 Å². The Hall–Kier alpha value is -1.61. The van der Waals surface area contributed by atoms with Gasteiger partial charge in [-0.15, -0.1) is 0 Å². The van der Waals surface area contributed by atoms with Crippen LogP contribution in [0.4, 0.5) is 0 Å². The molecule has 0 bridgehead atoms. The number of nitrogens with one attached hydrogen (secondary N) is 1. The maximum absolute atomic E-state index is 6.18. The van der Waals surface area contributed by atoms with Crippen LogP contribution in [0.2, 0.25) is 0 Å². The number of rotatable bonds is 2. The molecule has 2 aromatic rings. The molecule has 1 aliphatic heterocycles. The van der Waals surface area contributed by atoms with Gasteiger partial charge in [0, 0.05) is 11.5 Å². The van der Waals surface area contributed by atoms with Gasteiger partial charge in [0.25, 0.3) is 0 Å². The van der Waals surface area contributed by atoms with E-state index in [1.807, 2.05) is 6.20 Å². The molecule has 0 saturated carbocycles. The molecule has 0 amide bonds. The molecule has 0 atom stereocenters. The van der Waals surface area contributed by atoms with E-state index in [-0.39, 0.29) is 10.8 Å². The topological polar surface area (TPSA) is 38.1 Å². The summed E-state index contributed by atoms with van der Waals surface area (Å²) < 4.78 is 6.18. The van der Waals surface area contributed by atoms with E-state index in [2.05, 4.69) is 56.2 Å². The summed E-state index contributed by atoms with van der Waals surface area (Å²) in [6, 6.07) is 6.83. The summed E-state index contributed by atoms with van der Waals surface area (Å²) in [4.78, 5) is 4.61. The van der Waals surface area contributed by atoms with Gasteiger partial charge in [0.15, 0.2) is 0 Å². The number of oxazole rings is 1. The highest BCUT2D eigenvalue weighted by Crippen LogP contribution is 2.46. The largest absolute Gasteiger partial charge is 0.441 e. The van der Waals surface area contributed by atoms with Crippen LogP contribution in [0, 0.1) is 0 Å². The molecule has 1 N–H and O–H groups in total. The van der Waals surface area contributed by atoms with Crippen molar-refractivity contribution in [3.05, 3.63) is 41.3 Å². The lowest BCUT2D eigenvalue weighted by Gasteiger charge is -2.42. The summed E-state index contributed by atoms with van der Waals surface area (Å²) in [5, 5.41) is 3.41. The highest BCUT2D eigenvalue weighted by Gasteiger charge is 2.37. The number of benzene rings is 1. The minimum Gasteiger partial charge on any atom is -0.441 e. The minimum absolute atomic E-state index is 0.214. The molecule has 0 radical (unpaired) electrons. The Morgan fingerprint density at radius 2 is 1.68 bits per heavy atom. The molecule has 1 fully saturated rings. The summed E-state index contributed by atoms with van der Waals surface area (Å²) in [5.74, 6) is 2.33. The quantitative estimate of drug-likeness (QED) is 0.822. The fourth-order valence-corrected chi connectivity index (χ4v) is 4.44. The second kappa shape index (κ2) is 5.98. The molecular formula is C22H30N2O. The number of piperidine rings is 1. The molecule has 1 aliphatic carbocycles. The van der Waals surface area contributed by atoms with Crippen LogP contribution in [-0.4, -0.2) is 18.1 Å². The van der Waals surface area contributed by atoms with Crippen molar-refractivity contribution < 1.29 is 4.42 Å². The molecule has 2 aliphatic rings. The first-order valence-corrected chi connectivity index (χ1v) is 9.69. The van der Waals surface area contributed by atoms with Crippen molar-refractivity contribution in [3.8, 4) is 11.5 Å². The zero-order valence-corrected chi connectivity index (χ0v) is 16.0. The first-order chi connectivity index (χ1) is 11.9. The molecule has 1 aromatic heterocycles. The van der Waals surface area contributed by atoms with Crippen LogP contribution < -0.4 is 5.32 Å². The molecular weight excluding hydrogens is 308 g/mol. The normalized spacial score (nSPS) is 22.6. The molecule has 3 heteroatoms. The highest BCUT2D eigenvalue weighted by molar-refractivity contribution is 5.59. The lowest BCUT2D eigenvalue weighted by Crippen LogP contribution is -2.33. The van der Waals surface area contributed by atoms with Gasteiger partial charge < -0.3 is 9.73 Å². The summed E-state index contributed by atoms with van der Waals surface area (Å²) in [7, 11) is 0. The van der Waals surface area contributed by atoms with Gasteiger partial charge in [0.1, 0.15) is 5.76 Å². The number of nitrogens with zero attached hydrogens (tertiary/aromatic N) is 1. The van der Waals surface area contributed by atoms with Crippen LogP contribution >= 0.6 is 0 Å². The molecule has 1 aromatic carbocycles. The average molecular weight is 338 g/mol. The van der Waals surface area contributed by atoms with E-state index in [1.165, 1.54) is 24.0 Å². The average Bonchev–Trinajstić information content (AvgIpc) is 3.10. The Morgan fingerprint density at radius 3 is 2.40 bits per heavy atom. The summed E-state index contributed by atoms with van der Waals surface area (Å²) in [6.45, 7) is 11.6. The summed E-state index contributed by atoms with van der Waals surface area (Å²) in [5.41, 5.74) is 4.52. The zero-order valence-electron chi connectivity index (χ0n) is 16.0. The van der Waals surface area contributed by atoms with Gasteiger partial charge in [-0.05, 0) is 72.9 Å². The molecule has 25 heavy (non-hydrogen) atoms. The molecule has 0 unspecified atom stereocenters. The smallest absolute Gasteiger partial charge is 0.226 e. The molecule has 4 rings (SSSR count). The molecule has 134 valence electrons. The van der Waals surface area contributed by atoms with E-state index in [1.54, 1.807) is 0 Å². The van der Waals surface area contributed by atoms with Gasteiger partial charge in [-0.3, -0.25) is 0 Å². The van der Waals surface area contributed by atoms with Crippen LogP contribution in [0.25, 0.3) is 11.5 Å². The number of aromatic nitrogens is 1. The van der Waals surface area contributed by atoms with Crippen LogP contribution in [0.5, 0.6) is 0 Å². The van der Waals surface area contributed by atoms with E-state index in [0.717, 1.165) is 43.1 Å². The van der Waals surface area contributed by atoms with Crippen LogP contribution in [0.15, 0.2) is 28.8 Å². The molecule has 0 spiro atoms. The Bertz CT molecular complexity index is 766. The van der Waals surface area contributed by atoms with Crippen molar-refractivity contribution in [3.63, 3.8) is 0 Å². The predicted octanol–water partition coefficient (Wildman–Crippen LogP) is 5.16. The second-order valence-electron chi connectivity index (χ2n) is 9.12. The monoisotopic (exact) mass is 338 g/mol. The van der Waals surface area contributed by atoms with Crippen molar-refractivity contribution in [1.29, 1.82) is 0 Å².